The van der Waals surface area contributed by atoms with Crippen molar-refractivity contribution in [1.29, 1.82) is 0 Å². The molecule has 0 aromatic carbocycles. The molecule has 1 aromatic heterocycles. The standard InChI is InChI=1S/C14H20N2O2/c1-11(18)14-7-6-13(10-15-14)16(8-9-17)12-4-2-3-5-12/h6-7,10,12,17H,2-5,8-9H2,1H3. The number of hydrogen-bond acceptors (Lipinski definition) is 4. The molecule has 1 saturated carbocycles. The van der Waals surface area contributed by atoms with Gasteiger partial charge in [0.2, 0.25) is 0 Å². The lowest BCUT2D eigenvalue weighted by Crippen LogP contribution is -2.35. The van der Waals surface area contributed by atoms with Crippen molar-refractivity contribution in [1.82, 2.24) is 4.98 Å². The van der Waals surface area contributed by atoms with Crippen LogP contribution in [0.15, 0.2) is 18.3 Å². The Balaban J connectivity index is 2.16. The SMILES string of the molecule is CC(=O)c1ccc(N(CCO)C2CCCC2)cn1. The van der Waals surface area contributed by atoms with E-state index in [9.17, 15) is 9.90 Å². The summed E-state index contributed by atoms with van der Waals surface area (Å²) in [7, 11) is 0. The molecule has 4 nitrogen and oxygen atoms in total. The third-order valence-corrected chi connectivity index (χ3v) is 3.55. The summed E-state index contributed by atoms with van der Waals surface area (Å²) in [6, 6.07) is 4.19. The summed E-state index contributed by atoms with van der Waals surface area (Å²) >= 11 is 0. The Morgan fingerprint density at radius 2 is 2.17 bits per heavy atom. The highest BCUT2D eigenvalue weighted by Crippen LogP contribution is 2.27. The van der Waals surface area contributed by atoms with Crippen LogP contribution >= 0.6 is 0 Å². The van der Waals surface area contributed by atoms with E-state index >= 15 is 0 Å². The molecule has 18 heavy (non-hydrogen) atoms. The van der Waals surface area contributed by atoms with Crippen LogP contribution in [0.4, 0.5) is 5.69 Å². The van der Waals surface area contributed by atoms with Gasteiger partial charge in [-0.2, -0.15) is 0 Å². The van der Waals surface area contributed by atoms with Gasteiger partial charge in [-0.3, -0.25) is 9.78 Å². The first-order valence-electron chi connectivity index (χ1n) is 6.57. The summed E-state index contributed by atoms with van der Waals surface area (Å²) in [5, 5.41) is 9.18. The molecular weight excluding hydrogens is 228 g/mol. The molecule has 0 atom stereocenters. The molecule has 1 N–H and O–H groups in total. The molecule has 0 bridgehead atoms. The number of carbonyl (C=O) groups excluding carboxylic acids is 1. The lowest BCUT2D eigenvalue weighted by atomic mass is 10.2. The number of nitrogens with zero attached hydrogens (tertiary/aromatic N) is 2. The van der Waals surface area contributed by atoms with Gasteiger partial charge in [-0.05, 0) is 25.0 Å². The second-order valence-corrected chi connectivity index (χ2v) is 4.81. The second kappa shape index (κ2) is 5.96. The van der Waals surface area contributed by atoms with E-state index in [-0.39, 0.29) is 12.4 Å². The fraction of sp³-hybridized carbons (Fsp3) is 0.571. The smallest absolute Gasteiger partial charge is 0.178 e. The third-order valence-electron chi connectivity index (χ3n) is 3.55. The first kappa shape index (κ1) is 13.0. The Hall–Kier alpha value is -1.42. The van der Waals surface area contributed by atoms with Crippen LogP contribution in [-0.2, 0) is 0 Å². The highest BCUT2D eigenvalue weighted by atomic mass is 16.3. The topological polar surface area (TPSA) is 53.4 Å². The molecule has 0 radical (unpaired) electrons. The monoisotopic (exact) mass is 248 g/mol. The maximum atomic E-state index is 11.2. The van der Waals surface area contributed by atoms with Crippen LogP contribution in [0.25, 0.3) is 0 Å². The van der Waals surface area contributed by atoms with E-state index in [4.69, 9.17) is 0 Å². The predicted molar refractivity (Wildman–Crippen MR) is 70.9 cm³/mol. The van der Waals surface area contributed by atoms with E-state index in [1.807, 2.05) is 6.07 Å². The zero-order valence-corrected chi connectivity index (χ0v) is 10.8. The molecule has 0 aliphatic heterocycles. The van der Waals surface area contributed by atoms with E-state index in [1.165, 1.54) is 32.6 Å². The van der Waals surface area contributed by atoms with E-state index in [1.54, 1.807) is 12.3 Å². The molecule has 4 heteroatoms. The minimum Gasteiger partial charge on any atom is -0.395 e. The van der Waals surface area contributed by atoms with Crippen LogP contribution in [0.5, 0.6) is 0 Å². The van der Waals surface area contributed by atoms with Crippen molar-refractivity contribution in [3.63, 3.8) is 0 Å². The van der Waals surface area contributed by atoms with E-state index in [2.05, 4.69) is 9.88 Å². The molecule has 0 unspecified atom stereocenters. The van der Waals surface area contributed by atoms with Crippen LogP contribution < -0.4 is 4.90 Å². The molecular formula is C14H20N2O2. The average Bonchev–Trinajstić information content (AvgIpc) is 2.90. The molecule has 1 fully saturated rings. The highest BCUT2D eigenvalue weighted by Gasteiger charge is 2.22. The molecule has 1 aliphatic rings. The van der Waals surface area contributed by atoms with Crippen LogP contribution in [0, 0.1) is 0 Å². The summed E-state index contributed by atoms with van der Waals surface area (Å²) in [4.78, 5) is 17.6. The molecule has 0 saturated heterocycles. The van der Waals surface area contributed by atoms with Crippen molar-refractivity contribution in [3.05, 3.63) is 24.0 Å². The van der Waals surface area contributed by atoms with Crippen molar-refractivity contribution in [2.24, 2.45) is 0 Å². The number of aliphatic hydroxyl groups excluding tert-OH is 1. The van der Waals surface area contributed by atoms with Gasteiger partial charge < -0.3 is 10.0 Å². The van der Waals surface area contributed by atoms with Gasteiger partial charge in [0.25, 0.3) is 0 Å². The van der Waals surface area contributed by atoms with Gasteiger partial charge in [0.15, 0.2) is 5.78 Å². The lowest BCUT2D eigenvalue weighted by molar-refractivity contribution is 0.101. The number of ketones is 1. The minimum atomic E-state index is -0.0175. The van der Waals surface area contributed by atoms with Gasteiger partial charge >= 0.3 is 0 Å². The number of anilines is 1. The van der Waals surface area contributed by atoms with Crippen molar-refractivity contribution >= 4 is 11.5 Å². The number of Topliss-reactive ketones (excluding diaryl/α,β-unsaturated/α-hetero) is 1. The number of aromatic nitrogens is 1. The number of carbonyl (C=O) groups is 1. The van der Waals surface area contributed by atoms with Crippen LogP contribution in [-0.4, -0.2) is 35.1 Å². The van der Waals surface area contributed by atoms with Crippen LogP contribution in [0.1, 0.15) is 43.1 Å². The van der Waals surface area contributed by atoms with Crippen molar-refractivity contribution in [3.8, 4) is 0 Å². The molecule has 1 aliphatic carbocycles. The predicted octanol–water partition coefficient (Wildman–Crippen LogP) is 2.03. The molecule has 0 spiro atoms. The van der Waals surface area contributed by atoms with Crippen molar-refractivity contribution < 1.29 is 9.90 Å². The molecule has 98 valence electrons. The summed E-state index contributed by atoms with van der Waals surface area (Å²) in [5.74, 6) is -0.0175. The maximum absolute atomic E-state index is 11.2. The molecule has 1 aromatic rings. The Bertz CT molecular complexity index is 397. The maximum Gasteiger partial charge on any atom is 0.178 e. The largest absolute Gasteiger partial charge is 0.395 e. The van der Waals surface area contributed by atoms with Crippen molar-refractivity contribution in [2.45, 2.75) is 38.6 Å². The summed E-state index contributed by atoms with van der Waals surface area (Å²) in [6.07, 6.45) is 6.60. The molecule has 1 heterocycles. The van der Waals surface area contributed by atoms with E-state index in [0.29, 0.717) is 18.3 Å². The average molecular weight is 248 g/mol. The zero-order valence-electron chi connectivity index (χ0n) is 10.8. The first-order chi connectivity index (χ1) is 8.72. The highest BCUT2D eigenvalue weighted by molar-refractivity contribution is 5.92. The van der Waals surface area contributed by atoms with Crippen LogP contribution in [0.2, 0.25) is 0 Å². The van der Waals surface area contributed by atoms with Gasteiger partial charge in [0.1, 0.15) is 5.69 Å². The van der Waals surface area contributed by atoms with Gasteiger partial charge in [-0.15, -0.1) is 0 Å². The Morgan fingerprint density at radius 3 is 2.67 bits per heavy atom. The Morgan fingerprint density at radius 1 is 1.44 bits per heavy atom. The minimum absolute atomic E-state index is 0.0175. The van der Waals surface area contributed by atoms with E-state index in [0.717, 1.165) is 5.69 Å². The Kier molecular flexibility index (Phi) is 4.31. The third kappa shape index (κ3) is 2.88. The quantitative estimate of drug-likeness (QED) is 0.810. The van der Waals surface area contributed by atoms with Gasteiger partial charge in [0.05, 0.1) is 18.5 Å². The zero-order chi connectivity index (χ0) is 13.0. The molecule has 0 amide bonds. The number of pyridine rings is 1. The van der Waals surface area contributed by atoms with Gasteiger partial charge in [-0.1, -0.05) is 12.8 Å². The summed E-state index contributed by atoms with van der Waals surface area (Å²) in [5.41, 5.74) is 1.50. The number of hydrogen-bond donors (Lipinski definition) is 1. The second-order valence-electron chi connectivity index (χ2n) is 4.81. The fourth-order valence-electron chi connectivity index (χ4n) is 2.61. The first-order valence-corrected chi connectivity index (χ1v) is 6.57. The summed E-state index contributed by atoms with van der Waals surface area (Å²) in [6.45, 7) is 2.29. The molecule has 2 rings (SSSR count). The number of rotatable bonds is 5. The summed E-state index contributed by atoms with van der Waals surface area (Å²) < 4.78 is 0. The van der Waals surface area contributed by atoms with Gasteiger partial charge in [-0.25, -0.2) is 0 Å². The number of aliphatic hydroxyl groups is 1. The fourth-order valence-corrected chi connectivity index (χ4v) is 2.61. The lowest BCUT2D eigenvalue weighted by Gasteiger charge is -2.30. The van der Waals surface area contributed by atoms with E-state index < -0.39 is 0 Å². The van der Waals surface area contributed by atoms with Crippen LogP contribution in [0.3, 0.4) is 0 Å². The normalized spacial score (nSPS) is 15.9. The van der Waals surface area contributed by atoms with Gasteiger partial charge in [0, 0.05) is 19.5 Å². The Labute approximate surface area is 108 Å². The van der Waals surface area contributed by atoms with Crippen molar-refractivity contribution in [2.75, 3.05) is 18.1 Å².